The van der Waals surface area contributed by atoms with Crippen molar-refractivity contribution >= 4 is 17.9 Å². The first-order valence-corrected chi connectivity index (χ1v) is 20.5. The molecule has 0 amide bonds. The molecule has 0 aliphatic carbocycles. The highest BCUT2D eigenvalue weighted by Crippen LogP contribution is 2.18. The monoisotopic (exact) mass is 682 g/mol. The fourth-order valence-electron chi connectivity index (χ4n) is 6.02. The fourth-order valence-corrected chi connectivity index (χ4v) is 6.02. The predicted molar refractivity (Wildman–Crippen MR) is 200 cm³/mol. The molecular formula is C41H79NO6. The van der Waals surface area contributed by atoms with Gasteiger partial charge >= 0.3 is 17.9 Å². The van der Waals surface area contributed by atoms with Crippen LogP contribution in [-0.4, -0.2) is 62.8 Å². The highest BCUT2D eigenvalue weighted by atomic mass is 16.5. The second-order valence-electron chi connectivity index (χ2n) is 14.3. The molecule has 0 fully saturated rings. The van der Waals surface area contributed by atoms with Gasteiger partial charge in [0.2, 0.25) is 0 Å². The number of hydrogen-bond acceptors (Lipinski definition) is 7. The predicted octanol–water partition coefficient (Wildman–Crippen LogP) is 11.3. The van der Waals surface area contributed by atoms with Crippen molar-refractivity contribution in [3.05, 3.63) is 0 Å². The number of nitrogens with zero attached hydrogens (tertiary/aromatic N) is 1. The Bertz CT molecular complexity index is 682. The molecule has 0 saturated carbocycles. The largest absolute Gasteiger partial charge is 0.466 e. The van der Waals surface area contributed by atoms with Crippen LogP contribution in [0.25, 0.3) is 0 Å². The normalized spacial score (nSPS) is 11.4. The number of carbonyl (C=O) groups is 3. The van der Waals surface area contributed by atoms with Gasteiger partial charge in [-0.05, 0) is 78.4 Å². The molecule has 0 aliphatic rings. The molecule has 0 bridgehead atoms. The third kappa shape index (κ3) is 35.7. The van der Waals surface area contributed by atoms with Gasteiger partial charge in [0, 0.05) is 19.3 Å². The lowest BCUT2D eigenvalue weighted by molar-refractivity contribution is -0.150. The van der Waals surface area contributed by atoms with Crippen molar-refractivity contribution < 1.29 is 28.6 Å². The minimum Gasteiger partial charge on any atom is -0.466 e. The Labute approximate surface area is 297 Å². The van der Waals surface area contributed by atoms with Gasteiger partial charge in [0.15, 0.2) is 0 Å². The van der Waals surface area contributed by atoms with Crippen LogP contribution in [0.5, 0.6) is 0 Å². The Morgan fingerprint density at radius 2 is 0.792 bits per heavy atom. The number of ether oxygens (including phenoxy) is 3. The molecule has 0 saturated heterocycles. The Balaban J connectivity index is 3.98. The molecular weight excluding hydrogens is 602 g/mol. The Kier molecular flexibility index (Phi) is 35.4. The molecule has 0 aromatic heterocycles. The molecule has 7 heteroatoms. The number of hydrogen-bond donors (Lipinski definition) is 0. The summed E-state index contributed by atoms with van der Waals surface area (Å²) in [6, 6.07) is 0. The average molecular weight is 682 g/mol. The summed E-state index contributed by atoms with van der Waals surface area (Å²) < 4.78 is 16.7. The molecule has 7 nitrogen and oxygen atoms in total. The molecule has 0 aromatic rings. The zero-order valence-corrected chi connectivity index (χ0v) is 32.3. The lowest BCUT2D eigenvalue weighted by atomic mass is 10.0. The summed E-state index contributed by atoms with van der Waals surface area (Å²) in [5.74, 6) is -0.111. The van der Waals surface area contributed by atoms with E-state index in [0.29, 0.717) is 32.5 Å². The van der Waals surface area contributed by atoms with Crippen LogP contribution in [0.15, 0.2) is 0 Å². The average Bonchev–Trinajstić information content (AvgIpc) is 3.05. The maximum absolute atomic E-state index is 12.5. The smallest absolute Gasteiger partial charge is 0.306 e. The Hall–Kier alpha value is -1.63. The van der Waals surface area contributed by atoms with Crippen molar-refractivity contribution in [3.8, 4) is 0 Å². The third-order valence-electron chi connectivity index (χ3n) is 9.12. The van der Waals surface area contributed by atoms with Gasteiger partial charge in [-0.15, -0.1) is 0 Å². The van der Waals surface area contributed by atoms with Crippen molar-refractivity contribution in [1.82, 2.24) is 4.90 Å². The van der Waals surface area contributed by atoms with Crippen molar-refractivity contribution in [2.75, 3.05) is 33.9 Å². The van der Waals surface area contributed by atoms with E-state index in [0.717, 1.165) is 90.0 Å². The first-order valence-electron chi connectivity index (χ1n) is 20.5. The molecule has 0 atom stereocenters. The SMILES string of the molecule is CCCCCCCC(=O)OCCCCCCCCCC(CCCCCCCCCOC(=O)CCCCCCC)OC(=O)CCCN(C)C. The number of rotatable bonds is 37. The van der Waals surface area contributed by atoms with E-state index in [9.17, 15) is 14.4 Å². The molecule has 48 heavy (non-hydrogen) atoms. The van der Waals surface area contributed by atoms with Gasteiger partial charge in [0.1, 0.15) is 6.10 Å². The summed E-state index contributed by atoms with van der Waals surface area (Å²) >= 11 is 0. The van der Waals surface area contributed by atoms with Crippen LogP contribution in [0.4, 0.5) is 0 Å². The van der Waals surface area contributed by atoms with Gasteiger partial charge < -0.3 is 19.1 Å². The van der Waals surface area contributed by atoms with E-state index in [2.05, 4.69) is 18.7 Å². The van der Waals surface area contributed by atoms with Crippen molar-refractivity contribution in [2.24, 2.45) is 0 Å². The first kappa shape index (κ1) is 46.4. The molecule has 0 heterocycles. The minimum atomic E-state index is -0.0452. The van der Waals surface area contributed by atoms with Crippen LogP contribution in [0.1, 0.15) is 206 Å². The van der Waals surface area contributed by atoms with E-state index in [1.54, 1.807) is 0 Å². The van der Waals surface area contributed by atoms with Gasteiger partial charge in [-0.1, -0.05) is 129 Å². The van der Waals surface area contributed by atoms with Crippen LogP contribution in [0.2, 0.25) is 0 Å². The summed E-state index contributed by atoms with van der Waals surface area (Å²) in [5, 5.41) is 0. The molecule has 0 aliphatic heterocycles. The molecule has 284 valence electrons. The lowest BCUT2D eigenvalue weighted by Crippen LogP contribution is -2.20. The van der Waals surface area contributed by atoms with E-state index in [-0.39, 0.29) is 24.0 Å². The highest BCUT2D eigenvalue weighted by Gasteiger charge is 2.14. The highest BCUT2D eigenvalue weighted by molar-refractivity contribution is 5.70. The van der Waals surface area contributed by atoms with Crippen LogP contribution in [0, 0.1) is 0 Å². The van der Waals surface area contributed by atoms with E-state index >= 15 is 0 Å². The summed E-state index contributed by atoms with van der Waals surface area (Å²) in [5.41, 5.74) is 0. The number of unbranched alkanes of at least 4 members (excludes halogenated alkanes) is 20. The van der Waals surface area contributed by atoms with E-state index in [4.69, 9.17) is 14.2 Å². The first-order chi connectivity index (χ1) is 23.4. The molecule has 0 N–H and O–H groups in total. The second kappa shape index (κ2) is 36.6. The number of esters is 3. The quantitative estimate of drug-likeness (QED) is 0.0366. The van der Waals surface area contributed by atoms with Crippen LogP contribution < -0.4 is 0 Å². The zero-order chi connectivity index (χ0) is 35.3. The van der Waals surface area contributed by atoms with Crippen molar-refractivity contribution in [1.29, 1.82) is 0 Å². The molecule has 0 unspecified atom stereocenters. The molecule has 0 rings (SSSR count). The summed E-state index contributed by atoms with van der Waals surface area (Å²) in [4.78, 5) is 38.3. The van der Waals surface area contributed by atoms with Gasteiger partial charge in [0.05, 0.1) is 13.2 Å². The van der Waals surface area contributed by atoms with E-state index in [1.807, 2.05) is 14.1 Å². The third-order valence-corrected chi connectivity index (χ3v) is 9.12. The zero-order valence-electron chi connectivity index (χ0n) is 32.3. The number of carbonyl (C=O) groups excluding carboxylic acids is 3. The Morgan fingerprint density at radius 1 is 0.438 bits per heavy atom. The van der Waals surface area contributed by atoms with Crippen molar-refractivity contribution in [2.45, 2.75) is 213 Å². The van der Waals surface area contributed by atoms with E-state index < -0.39 is 0 Å². The van der Waals surface area contributed by atoms with Gasteiger partial charge in [0.25, 0.3) is 0 Å². The molecule has 0 aromatic carbocycles. The Morgan fingerprint density at radius 3 is 1.21 bits per heavy atom. The standard InChI is InChI=1S/C41H79NO6/c1-5-7-9-17-25-32-39(43)46-36-27-21-15-11-13-19-23-30-38(48-41(45)34-29-35-42(3)4)31-24-20-14-12-16-22-28-37-47-40(44)33-26-18-10-8-6-2/h38H,5-37H2,1-4H3. The summed E-state index contributed by atoms with van der Waals surface area (Å²) in [6.07, 6.45) is 31.9. The van der Waals surface area contributed by atoms with Gasteiger partial charge in [-0.25, -0.2) is 0 Å². The summed E-state index contributed by atoms with van der Waals surface area (Å²) in [6.45, 7) is 6.43. The second-order valence-corrected chi connectivity index (χ2v) is 14.3. The van der Waals surface area contributed by atoms with Gasteiger partial charge in [-0.2, -0.15) is 0 Å². The maximum atomic E-state index is 12.5. The van der Waals surface area contributed by atoms with Gasteiger partial charge in [-0.3, -0.25) is 14.4 Å². The lowest BCUT2D eigenvalue weighted by Gasteiger charge is -2.18. The fraction of sp³-hybridized carbons (Fsp3) is 0.927. The van der Waals surface area contributed by atoms with Crippen LogP contribution in [0.3, 0.4) is 0 Å². The molecule has 0 spiro atoms. The maximum Gasteiger partial charge on any atom is 0.306 e. The van der Waals surface area contributed by atoms with Crippen molar-refractivity contribution in [3.63, 3.8) is 0 Å². The summed E-state index contributed by atoms with van der Waals surface area (Å²) in [7, 11) is 4.07. The molecule has 0 radical (unpaired) electrons. The van der Waals surface area contributed by atoms with Crippen LogP contribution >= 0.6 is 0 Å². The topological polar surface area (TPSA) is 82.1 Å². The minimum absolute atomic E-state index is 0.0331. The van der Waals surface area contributed by atoms with E-state index in [1.165, 1.54) is 89.9 Å². The van der Waals surface area contributed by atoms with Crippen LogP contribution in [-0.2, 0) is 28.6 Å².